The second-order valence-electron chi connectivity index (χ2n) is 7.02. The molecule has 3 aromatic rings. The molecule has 0 N–H and O–H groups in total. The van der Waals surface area contributed by atoms with Crippen LogP contribution in [0, 0.1) is 0 Å². The molecule has 170 valence electrons. The zero-order valence-electron chi connectivity index (χ0n) is 18.0. The Morgan fingerprint density at radius 3 is 2.75 bits per heavy atom. The van der Waals surface area contributed by atoms with Gasteiger partial charge in [0.15, 0.2) is 0 Å². The number of alkyl halides is 3. The number of imidazole rings is 1. The Morgan fingerprint density at radius 1 is 1.22 bits per heavy atom. The number of rotatable bonds is 9. The summed E-state index contributed by atoms with van der Waals surface area (Å²) in [4.78, 5) is 15.7. The highest BCUT2D eigenvalue weighted by atomic mass is 19.4. The molecule has 0 aliphatic carbocycles. The van der Waals surface area contributed by atoms with E-state index in [9.17, 15) is 13.2 Å². The molecule has 0 aliphatic rings. The number of halogens is 3. The lowest BCUT2D eigenvalue weighted by Crippen LogP contribution is -2.18. The normalized spacial score (nSPS) is 12.5. The van der Waals surface area contributed by atoms with E-state index in [4.69, 9.17) is 9.57 Å². The average Bonchev–Trinajstić information content (AvgIpc) is 3.17. The Labute approximate surface area is 183 Å². The van der Waals surface area contributed by atoms with E-state index in [1.807, 2.05) is 41.6 Å². The van der Waals surface area contributed by atoms with Crippen LogP contribution in [0.3, 0.4) is 0 Å². The Bertz CT molecular complexity index is 1110. The maximum absolute atomic E-state index is 12.9. The van der Waals surface area contributed by atoms with Crippen LogP contribution in [0.4, 0.5) is 18.9 Å². The minimum atomic E-state index is -4.44. The fourth-order valence-corrected chi connectivity index (χ4v) is 2.86. The number of fused-ring (bicyclic) bond motifs is 1. The van der Waals surface area contributed by atoms with Crippen molar-refractivity contribution in [3.63, 3.8) is 0 Å². The van der Waals surface area contributed by atoms with Gasteiger partial charge in [0.05, 0.1) is 41.5 Å². The molecular formula is C22H24F3N5O2. The SMILES string of the molecule is CCN(C)C=Nc1ccc2c(c1)ncn2CC(COc1cccc(C(F)(F)F)c1)=NOC. The molecule has 0 bridgehead atoms. The number of benzene rings is 2. The number of hydrogen-bond donors (Lipinski definition) is 0. The first-order valence-corrected chi connectivity index (χ1v) is 9.88. The summed E-state index contributed by atoms with van der Waals surface area (Å²) in [5, 5.41) is 3.96. The Kier molecular flexibility index (Phi) is 7.34. The van der Waals surface area contributed by atoms with Gasteiger partial charge in [0.1, 0.15) is 25.2 Å². The number of nitrogens with zero attached hydrogens (tertiary/aromatic N) is 5. The minimum Gasteiger partial charge on any atom is -0.487 e. The van der Waals surface area contributed by atoms with Gasteiger partial charge in [-0.05, 0) is 43.3 Å². The fraction of sp³-hybridized carbons (Fsp3) is 0.318. The summed E-state index contributed by atoms with van der Waals surface area (Å²) in [6, 6.07) is 10.4. The van der Waals surface area contributed by atoms with Gasteiger partial charge in [0.2, 0.25) is 0 Å². The van der Waals surface area contributed by atoms with E-state index < -0.39 is 11.7 Å². The molecule has 0 fully saturated rings. The van der Waals surface area contributed by atoms with Crippen molar-refractivity contribution < 1.29 is 22.7 Å². The molecule has 1 aromatic heterocycles. The molecule has 0 atom stereocenters. The summed E-state index contributed by atoms with van der Waals surface area (Å²) in [7, 11) is 3.34. The van der Waals surface area contributed by atoms with Crippen LogP contribution in [0.5, 0.6) is 5.75 Å². The lowest BCUT2D eigenvalue weighted by Gasteiger charge is -2.12. The zero-order chi connectivity index (χ0) is 23.1. The van der Waals surface area contributed by atoms with E-state index in [0.717, 1.165) is 35.4 Å². The third-order valence-corrected chi connectivity index (χ3v) is 4.65. The van der Waals surface area contributed by atoms with Crippen molar-refractivity contribution in [3.8, 4) is 5.75 Å². The molecule has 7 nitrogen and oxygen atoms in total. The van der Waals surface area contributed by atoms with Gasteiger partial charge in [-0.15, -0.1) is 0 Å². The first kappa shape index (κ1) is 23.1. The molecule has 0 unspecified atom stereocenters. The number of hydrogen-bond acceptors (Lipinski definition) is 5. The highest BCUT2D eigenvalue weighted by Crippen LogP contribution is 2.31. The van der Waals surface area contributed by atoms with Crippen LogP contribution in [-0.2, 0) is 17.6 Å². The molecular weight excluding hydrogens is 423 g/mol. The van der Waals surface area contributed by atoms with Crippen molar-refractivity contribution in [2.24, 2.45) is 10.1 Å². The summed E-state index contributed by atoms with van der Waals surface area (Å²) in [6.45, 7) is 3.14. The number of ether oxygens (including phenoxy) is 1. The summed E-state index contributed by atoms with van der Waals surface area (Å²) in [5.41, 5.74) is 2.10. The molecule has 3 rings (SSSR count). The largest absolute Gasteiger partial charge is 0.487 e. The Balaban J connectivity index is 1.72. The monoisotopic (exact) mass is 447 g/mol. The third kappa shape index (κ3) is 5.99. The Hall–Kier alpha value is -3.56. The smallest absolute Gasteiger partial charge is 0.416 e. The number of oxime groups is 1. The van der Waals surface area contributed by atoms with Gasteiger partial charge in [0, 0.05) is 13.6 Å². The lowest BCUT2D eigenvalue weighted by molar-refractivity contribution is -0.137. The minimum absolute atomic E-state index is 0.0411. The predicted octanol–water partition coefficient (Wildman–Crippen LogP) is 4.75. The summed E-state index contributed by atoms with van der Waals surface area (Å²) < 4.78 is 46.1. The fourth-order valence-electron chi connectivity index (χ4n) is 2.86. The van der Waals surface area contributed by atoms with Gasteiger partial charge in [-0.2, -0.15) is 13.2 Å². The quantitative estimate of drug-likeness (QED) is 0.270. The molecule has 0 saturated heterocycles. The average molecular weight is 447 g/mol. The van der Waals surface area contributed by atoms with Gasteiger partial charge < -0.3 is 19.0 Å². The highest BCUT2D eigenvalue weighted by molar-refractivity contribution is 5.87. The first-order valence-electron chi connectivity index (χ1n) is 9.88. The molecule has 2 aromatic carbocycles. The molecule has 10 heteroatoms. The van der Waals surface area contributed by atoms with Crippen LogP contribution in [0.25, 0.3) is 11.0 Å². The van der Waals surface area contributed by atoms with E-state index >= 15 is 0 Å². The summed E-state index contributed by atoms with van der Waals surface area (Å²) in [5.74, 6) is 0.0960. The zero-order valence-corrected chi connectivity index (χ0v) is 18.0. The lowest BCUT2D eigenvalue weighted by atomic mass is 10.2. The topological polar surface area (TPSA) is 64.2 Å². The number of aromatic nitrogens is 2. The number of aliphatic imine (C=N–C) groups is 1. The van der Waals surface area contributed by atoms with Crippen LogP contribution in [0.1, 0.15) is 12.5 Å². The van der Waals surface area contributed by atoms with Gasteiger partial charge in [0.25, 0.3) is 0 Å². The molecule has 0 radical (unpaired) electrons. The van der Waals surface area contributed by atoms with Crippen LogP contribution in [0.15, 0.2) is 58.9 Å². The van der Waals surface area contributed by atoms with Crippen molar-refractivity contribution in [1.82, 2.24) is 14.5 Å². The molecule has 0 aliphatic heterocycles. The van der Waals surface area contributed by atoms with Gasteiger partial charge in [-0.25, -0.2) is 9.98 Å². The maximum Gasteiger partial charge on any atom is 0.416 e. The van der Waals surface area contributed by atoms with Crippen LogP contribution in [0.2, 0.25) is 0 Å². The molecule has 0 amide bonds. The molecule has 0 saturated carbocycles. The van der Waals surface area contributed by atoms with Crippen LogP contribution >= 0.6 is 0 Å². The maximum atomic E-state index is 12.9. The standard InChI is InChI=1S/C22H24F3N5O2/c1-4-29(2)14-26-17-8-9-21-20(11-17)27-15-30(21)12-18(28-31-3)13-32-19-7-5-6-16(10-19)22(23,24)25/h5-11,14-15H,4,12-13H2,1-3H3. The molecule has 1 heterocycles. The first-order chi connectivity index (χ1) is 15.3. The van der Waals surface area contributed by atoms with E-state index in [-0.39, 0.29) is 12.4 Å². The van der Waals surface area contributed by atoms with Crippen LogP contribution < -0.4 is 4.74 Å². The van der Waals surface area contributed by atoms with Crippen molar-refractivity contribution >= 4 is 28.8 Å². The summed E-state index contributed by atoms with van der Waals surface area (Å²) >= 11 is 0. The molecule has 0 spiro atoms. The Morgan fingerprint density at radius 2 is 2.03 bits per heavy atom. The van der Waals surface area contributed by atoms with E-state index in [1.165, 1.54) is 19.2 Å². The second-order valence-corrected chi connectivity index (χ2v) is 7.02. The molecule has 32 heavy (non-hydrogen) atoms. The predicted molar refractivity (Wildman–Crippen MR) is 118 cm³/mol. The second kappa shape index (κ2) is 10.2. The van der Waals surface area contributed by atoms with Crippen molar-refractivity contribution in [2.75, 3.05) is 27.3 Å². The van der Waals surface area contributed by atoms with Gasteiger partial charge >= 0.3 is 6.18 Å². The van der Waals surface area contributed by atoms with Crippen molar-refractivity contribution in [2.45, 2.75) is 19.6 Å². The highest BCUT2D eigenvalue weighted by Gasteiger charge is 2.30. The van der Waals surface area contributed by atoms with Crippen LogP contribution in [-0.4, -0.2) is 53.8 Å². The van der Waals surface area contributed by atoms with Crippen molar-refractivity contribution in [3.05, 3.63) is 54.4 Å². The van der Waals surface area contributed by atoms with E-state index in [1.54, 1.807) is 12.7 Å². The van der Waals surface area contributed by atoms with Crippen molar-refractivity contribution in [1.29, 1.82) is 0 Å². The summed E-state index contributed by atoms with van der Waals surface area (Å²) in [6.07, 6.45) is -1.02. The van der Waals surface area contributed by atoms with Gasteiger partial charge in [-0.1, -0.05) is 11.2 Å². The van der Waals surface area contributed by atoms with E-state index in [0.29, 0.717) is 12.3 Å². The van der Waals surface area contributed by atoms with Gasteiger partial charge in [-0.3, -0.25) is 0 Å². The van der Waals surface area contributed by atoms with E-state index in [2.05, 4.69) is 15.1 Å². The third-order valence-electron chi connectivity index (χ3n) is 4.65.